The molecule has 4 nitrogen and oxygen atoms in total. The smallest absolute Gasteiger partial charge is 0.422 e. The molecule has 0 aliphatic rings. The summed E-state index contributed by atoms with van der Waals surface area (Å²) in [4.78, 5) is 12.0. The molecule has 0 fully saturated rings. The second kappa shape index (κ2) is 7.77. The van der Waals surface area contributed by atoms with Crippen molar-refractivity contribution in [3.63, 3.8) is 0 Å². The molecule has 0 aliphatic carbocycles. The first kappa shape index (κ1) is 20.1. The Balaban J connectivity index is 2.80. The molecule has 0 saturated carbocycles. The van der Waals surface area contributed by atoms with Gasteiger partial charge in [0.05, 0.1) is 13.2 Å². The third-order valence-corrected chi connectivity index (χ3v) is 3.15. The summed E-state index contributed by atoms with van der Waals surface area (Å²) < 4.78 is 46.6. The Hall–Kier alpha value is -1.92. The van der Waals surface area contributed by atoms with Crippen LogP contribution in [0.3, 0.4) is 0 Å². The van der Waals surface area contributed by atoms with Crippen LogP contribution in [0.5, 0.6) is 11.5 Å². The fourth-order valence-electron chi connectivity index (χ4n) is 2.09. The van der Waals surface area contributed by atoms with E-state index in [1.165, 1.54) is 13.2 Å². The molecule has 0 radical (unpaired) electrons. The van der Waals surface area contributed by atoms with Crippen molar-refractivity contribution >= 4 is 5.91 Å². The van der Waals surface area contributed by atoms with Crippen LogP contribution in [0.15, 0.2) is 18.2 Å². The largest absolute Gasteiger partial charge is 0.493 e. The molecule has 1 aromatic carbocycles. The van der Waals surface area contributed by atoms with Gasteiger partial charge in [-0.25, -0.2) is 0 Å². The van der Waals surface area contributed by atoms with Crippen molar-refractivity contribution in [1.82, 2.24) is 5.32 Å². The summed E-state index contributed by atoms with van der Waals surface area (Å²) >= 11 is 0. The monoisotopic (exact) mass is 347 g/mol. The molecule has 1 atom stereocenters. The summed E-state index contributed by atoms with van der Waals surface area (Å²) in [5.41, 5.74) is 0.588. The lowest BCUT2D eigenvalue weighted by molar-refractivity contribution is -0.153. The summed E-state index contributed by atoms with van der Waals surface area (Å²) in [6, 6.07) is 4.28. The molecule has 1 N–H and O–H groups in total. The number of amides is 1. The van der Waals surface area contributed by atoms with Crippen molar-refractivity contribution in [3.05, 3.63) is 23.8 Å². The van der Waals surface area contributed by atoms with E-state index >= 15 is 0 Å². The van der Waals surface area contributed by atoms with E-state index < -0.39 is 12.8 Å². The van der Waals surface area contributed by atoms with Crippen molar-refractivity contribution < 1.29 is 27.4 Å². The molecule has 0 aliphatic heterocycles. The number of hydrogen-bond donors (Lipinski definition) is 1. The van der Waals surface area contributed by atoms with Crippen molar-refractivity contribution in [2.75, 3.05) is 13.7 Å². The lowest BCUT2D eigenvalue weighted by Crippen LogP contribution is -2.30. The molecule has 7 heteroatoms. The molecular weight excluding hydrogens is 323 g/mol. The number of ether oxygens (including phenoxy) is 2. The number of rotatable bonds is 6. The van der Waals surface area contributed by atoms with Gasteiger partial charge in [-0.05, 0) is 30.0 Å². The van der Waals surface area contributed by atoms with E-state index in [2.05, 4.69) is 5.32 Å². The van der Waals surface area contributed by atoms with Gasteiger partial charge in [-0.3, -0.25) is 4.79 Å². The molecule has 1 rings (SSSR count). The van der Waals surface area contributed by atoms with Gasteiger partial charge in [-0.15, -0.1) is 0 Å². The highest BCUT2D eigenvalue weighted by Crippen LogP contribution is 2.31. The van der Waals surface area contributed by atoms with Gasteiger partial charge in [-0.2, -0.15) is 13.2 Å². The fourth-order valence-corrected chi connectivity index (χ4v) is 2.09. The average Bonchev–Trinajstić information content (AvgIpc) is 2.41. The Labute approximate surface area is 140 Å². The van der Waals surface area contributed by atoms with E-state index in [1.54, 1.807) is 19.1 Å². The van der Waals surface area contributed by atoms with Gasteiger partial charge in [-0.1, -0.05) is 26.8 Å². The highest BCUT2D eigenvalue weighted by Gasteiger charge is 2.29. The Morgan fingerprint density at radius 3 is 2.33 bits per heavy atom. The van der Waals surface area contributed by atoms with E-state index in [0.29, 0.717) is 12.0 Å². The Morgan fingerprint density at radius 2 is 1.83 bits per heavy atom. The topological polar surface area (TPSA) is 47.6 Å². The first-order valence-corrected chi connectivity index (χ1v) is 7.58. The van der Waals surface area contributed by atoms with Crippen molar-refractivity contribution in [3.8, 4) is 11.5 Å². The fraction of sp³-hybridized carbons (Fsp3) is 0.588. The zero-order valence-electron chi connectivity index (χ0n) is 14.6. The molecule has 1 amide bonds. The van der Waals surface area contributed by atoms with Gasteiger partial charge < -0.3 is 14.8 Å². The van der Waals surface area contributed by atoms with Crippen LogP contribution >= 0.6 is 0 Å². The van der Waals surface area contributed by atoms with Crippen molar-refractivity contribution in [1.29, 1.82) is 0 Å². The predicted octanol–water partition coefficient (Wildman–Crippen LogP) is 4.25. The van der Waals surface area contributed by atoms with E-state index in [0.717, 1.165) is 0 Å². The highest BCUT2D eigenvalue weighted by molar-refractivity contribution is 5.77. The summed E-state index contributed by atoms with van der Waals surface area (Å²) in [6.45, 7) is 6.30. The number of hydrogen-bond acceptors (Lipinski definition) is 3. The van der Waals surface area contributed by atoms with Crippen LogP contribution in [0.4, 0.5) is 13.2 Å². The summed E-state index contributed by atoms with van der Waals surface area (Å²) in [5, 5.41) is 2.86. The van der Waals surface area contributed by atoms with Gasteiger partial charge in [0.1, 0.15) is 0 Å². The van der Waals surface area contributed by atoms with E-state index in [4.69, 9.17) is 9.47 Å². The number of carbonyl (C=O) groups excluding carboxylic acids is 1. The van der Waals surface area contributed by atoms with Crippen LogP contribution in [0.25, 0.3) is 0 Å². The number of carbonyl (C=O) groups is 1. The van der Waals surface area contributed by atoms with Crippen LogP contribution in [0.2, 0.25) is 0 Å². The quantitative estimate of drug-likeness (QED) is 0.837. The molecule has 1 aromatic rings. The van der Waals surface area contributed by atoms with E-state index in [9.17, 15) is 18.0 Å². The first-order valence-electron chi connectivity index (χ1n) is 7.58. The van der Waals surface area contributed by atoms with Gasteiger partial charge in [0, 0.05) is 6.42 Å². The van der Waals surface area contributed by atoms with E-state index in [1.807, 2.05) is 20.8 Å². The average molecular weight is 347 g/mol. The standard InChI is InChI=1S/C17H24F3NO3/c1-11(21-15(22)9-16(2,3)4)12-6-7-13(14(8-12)23-5)24-10-17(18,19)20/h6-8,11H,9-10H2,1-5H3,(H,21,22)/t11-/m0/s1. The van der Waals surface area contributed by atoms with E-state index in [-0.39, 0.29) is 28.9 Å². The minimum atomic E-state index is -4.42. The maximum atomic E-state index is 12.2. The van der Waals surface area contributed by atoms with Crippen LogP contribution in [0.1, 0.15) is 45.7 Å². The zero-order chi connectivity index (χ0) is 18.5. The van der Waals surface area contributed by atoms with Crippen LogP contribution < -0.4 is 14.8 Å². The summed E-state index contributed by atoms with van der Waals surface area (Å²) in [6.07, 6.45) is -4.04. The second-order valence-corrected chi connectivity index (χ2v) is 6.84. The van der Waals surface area contributed by atoms with Crippen molar-refractivity contribution in [2.24, 2.45) is 5.41 Å². The molecule has 0 heterocycles. The normalized spacial score (nSPS) is 13.3. The molecule has 0 bridgehead atoms. The van der Waals surface area contributed by atoms with Crippen LogP contribution in [0, 0.1) is 5.41 Å². The molecule has 136 valence electrons. The number of benzene rings is 1. The number of halogens is 3. The minimum absolute atomic E-state index is 0.00629. The van der Waals surface area contributed by atoms with Gasteiger partial charge in [0.2, 0.25) is 5.91 Å². The number of alkyl halides is 3. The number of methoxy groups -OCH3 is 1. The van der Waals surface area contributed by atoms with Gasteiger partial charge in [0.15, 0.2) is 18.1 Å². The van der Waals surface area contributed by atoms with Crippen molar-refractivity contribution in [2.45, 2.75) is 46.3 Å². The predicted molar refractivity (Wildman–Crippen MR) is 85.2 cm³/mol. The SMILES string of the molecule is COc1cc([C@H](C)NC(=O)CC(C)(C)C)ccc1OCC(F)(F)F. The molecule has 0 spiro atoms. The lowest BCUT2D eigenvalue weighted by Gasteiger charge is -2.21. The number of nitrogens with one attached hydrogen (secondary N) is 1. The van der Waals surface area contributed by atoms with Crippen LogP contribution in [-0.4, -0.2) is 25.8 Å². The molecule has 0 unspecified atom stereocenters. The molecule has 0 aromatic heterocycles. The highest BCUT2D eigenvalue weighted by atomic mass is 19.4. The maximum Gasteiger partial charge on any atom is 0.422 e. The van der Waals surface area contributed by atoms with Gasteiger partial charge >= 0.3 is 6.18 Å². The molecule has 0 saturated heterocycles. The summed E-state index contributed by atoms with van der Waals surface area (Å²) in [5.74, 6) is 0.104. The maximum absolute atomic E-state index is 12.2. The summed E-state index contributed by atoms with van der Waals surface area (Å²) in [7, 11) is 1.35. The third kappa shape index (κ3) is 7.10. The lowest BCUT2D eigenvalue weighted by atomic mass is 9.91. The molecular formula is C17H24F3NO3. The zero-order valence-corrected chi connectivity index (χ0v) is 14.6. The second-order valence-electron chi connectivity index (χ2n) is 6.84. The minimum Gasteiger partial charge on any atom is -0.493 e. The van der Waals surface area contributed by atoms with Crippen LogP contribution in [-0.2, 0) is 4.79 Å². The third-order valence-electron chi connectivity index (χ3n) is 3.15. The Morgan fingerprint density at radius 1 is 1.21 bits per heavy atom. The Kier molecular flexibility index (Phi) is 6.51. The molecule has 24 heavy (non-hydrogen) atoms. The first-order chi connectivity index (χ1) is 10.9. The van der Waals surface area contributed by atoms with Gasteiger partial charge in [0.25, 0.3) is 0 Å². The Bertz CT molecular complexity index is 565.